The standard InChI is InChI=1S/C19H17ClN4O2/c1-12-3-6-14(7-4-12)22-19-21-10-9-15(24-19)18(25)23-16-11-13(20)5-8-17(16)26-2/h3-11H,1-2H3,(H,23,25)(H,21,22,24). The Morgan fingerprint density at radius 2 is 1.88 bits per heavy atom. The second-order valence-electron chi connectivity index (χ2n) is 5.56. The Kier molecular flexibility index (Phi) is 5.34. The van der Waals surface area contributed by atoms with E-state index < -0.39 is 0 Å². The summed E-state index contributed by atoms with van der Waals surface area (Å²) >= 11 is 5.99. The normalized spacial score (nSPS) is 10.3. The van der Waals surface area contributed by atoms with Gasteiger partial charge in [0.05, 0.1) is 12.8 Å². The van der Waals surface area contributed by atoms with Gasteiger partial charge in [-0.2, -0.15) is 0 Å². The number of carbonyl (C=O) groups excluding carboxylic acids is 1. The third-order valence-corrected chi connectivity index (χ3v) is 3.84. The lowest BCUT2D eigenvalue weighted by atomic mass is 10.2. The number of hydrogen-bond donors (Lipinski definition) is 2. The first kappa shape index (κ1) is 17.7. The molecule has 0 spiro atoms. The highest BCUT2D eigenvalue weighted by atomic mass is 35.5. The van der Waals surface area contributed by atoms with Crippen LogP contribution < -0.4 is 15.4 Å². The van der Waals surface area contributed by atoms with Crippen molar-refractivity contribution in [3.8, 4) is 5.75 Å². The molecule has 0 fully saturated rings. The minimum absolute atomic E-state index is 0.219. The Balaban J connectivity index is 1.78. The van der Waals surface area contributed by atoms with Crippen LogP contribution in [0.15, 0.2) is 54.7 Å². The van der Waals surface area contributed by atoms with E-state index in [-0.39, 0.29) is 11.6 Å². The molecule has 0 saturated carbocycles. The molecule has 0 aliphatic carbocycles. The number of ether oxygens (including phenoxy) is 1. The van der Waals surface area contributed by atoms with Crippen molar-refractivity contribution in [1.82, 2.24) is 9.97 Å². The fraction of sp³-hybridized carbons (Fsp3) is 0.105. The van der Waals surface area contributed by atoms with Gasteiger partial charge in [0.15, 0.2) is 0 Å². The number of carbonyl (C=O) groups is 1. The van der Waals surface area contributed by atoms with E-state index in [0.717, 1.165) is 11.3 Å². The number of anilines is 3. The van der Waals surface area contributed by atoms with Crippen LogP contribution in [0.3, 0.4) is 0 Å². The van der Waals surface area contributed by atoms with Gasteiger partial charge in [-0.15, -0.1) is 0 Å². The lowest BCUT2D eigenvalue weighted by Crippen LogP contribution is -2.15. The highest BCUT2D eigenvalue weighted by molar-refractivity contribution is 6.31. The van der Waals surface area contributed by atoms with Crippen LogP contribution in [0.25, 0.3) is 0 Å². The van der Waals surface area contributed by atoms with Gasteiger partial charge in [0.25, 0.3) is 5.91 Å². The second-order valence-corrected chi connectivity index (χ2v) is 5.99. The molecule has 2 aromatic carbocycles. The van der Waals surface area contributed by atoms with Gasteiger partial charge in [0, 0.05) is 16.9 Å². The number of hydrogen-bond acceptors (Lipinski definition) is 5. The summed E-state index contributed by atoms with van der Waals surface area (Å²) in [7, 11) is 1.52. The number of rotatable bonds is 5. The summed E-state index contributed by atoms with van der Waals surface area (Å²) < 4.78 is 5.23. The molecule has 7 heteroatoms. The molecule has 2 N–H and O–H groups in total. The Labute approximate surface area is 156 Å². The summed E-state index contributed by atoms with van der Waals surface area (Å²) in [5.74, 6) is 0.453. The van der Waals surface area contributed by atoms with Crippen LogP contribution in [0, 0.1) is 6.92 Å². The van der Waals surface area contributed by atoms with Crippen LogP contribution in [-0.2, 0) is 0 Å². The number of aromatic nitrogens is 2. The molecule has 3 rings (SSSR count). The van der Waals surface area contributed by atoms with Crippen LogP contribution in [0.1, 0.15) is 16.1 Å². The SMILES string of the molecule is COc1ccc(Cl)cc1NC(=O)c1ccnc(Nc2ccc(C)cc2)n1. The molecular formula is C19H17ClN4O2. The van der Waals surface area contributed by atoms with Gasteiger partial charge in [0.1, 0.15) is 11.4 Å². The number of benzene rings is 2. The molecule has 1 heterocycles. The number of halogens is 1. The van der Waals surface area contributed by atoms with E-state index in [1.54, 1.807) is 18.2 Å². The molecule has 26 heavy (non-hydrogen) atoms. The highest BCUT2D eigenvalue weighted by Gasteiger charge is 2.13. The summed E-state index contributed by atoms with van der Waals surface area (Å²) in [6.07, 6.45) is 1.52. The van der Waals surface area contributed by atoms with Gasteiger partial charge < -0.3 is 15.4 Å². The molecule has 0 bridgehead atoms. The molecular weight excluding hydrogens is 352 g/mol. The van der Waals surface area contributed by atoms with Gasteiger partial charge in [-0.1, -0.05) is 29.3 Å². The van der Waals surface area contributed by atoms with Crippen molar-refractivity contribution >= 4 is 34.8 Å². The minimum Gasteiger partial charge on any atom is -0.495 e. The quantitative estimate of drug-likeness (QED) is 0.696. The average Bonchev–Trinajstić information content (AvgIpc) is 2.64. The van der Waals surface area contributed by atoms with E-state index in [4.69, 9.17) is 16.3 Å². The van der Waals surface area contributed by atoms with Crippen LogP contribution in [-0.4, -0.2) is 23.0 Å². The van der Waals surface area contributed by atoms with Crippen molar-refractivity contribution in [2.75, 3.05) is 17.7 Å². The molecule has 132 valence electrons. The van der Waals surface area contributed by atoms with Crippen molar-refractivity contribution < 1.29 is 9.53 Å². The lowest BCUT2D eigenvalue weighted by molar-refractivity contribution is 0.102. The Hall–Kier alpha value is -3.12. The zero-order valence-corrected chi connectivity index (χ0v) is 15.0. The van der Waals surface area contributed by atoms with E-state index in [2.05, 4.69) is 20.6 Å². The lowest BCUT2D eigenvalue weighted by Gasteiger charge is -2.11. The first-order valence-electron chi connectivity index (χ1n) is 7.87. The molecule has 0 atom stereocenters. The van der Waals surface area contributed by atoms with E-state index in [0.29, 0.717) is 22.4 Å². The van der Waals surface area contributed by atoms with Crippen molar-refractivity contribution in [3.05, 3.63) is 71.0 Å². The number of aryl methyl sites for hydroxylation is 1. The number of nitrogens with zero attached hydrogens (tertiary/aromatic N) is 2. The summed E-state index contributed by atoms with van der Waals surface area (Å²) in [6.45, 7) is 2.01. The molecule has 1 aromatic heterocycles. The van der Waals surface area contributed by atoms with Gasteiger partial charge in [-0.3, -0.25) is 4.79 Å². The number of amides is 1. The molecule has 0 aliphatic heterocycles. The van der Waals surface area contributed by atoms with Crippen LogP contribution in [0.5, 0.6) is 5.75 Å². The van der Waals surface area contributed by atoms with E-state index >= 15 is 0 Å². The molecule has 0 aliphatic rings. The summed E-state index contributed by atoms with van der Waals surface area (Å²) in [5.41, 5.74) is 2.68. The van der Waals surface area contributed by atoms with Gasteiger partial charge in [0.2, 0.25) is 5.95 Å². The third-order valence-electron chi connectivity index (χ3n) is 3.61. The molecule has 0 radical (unpaired) electrons. The molecule has 0 unspecified atom stereocenters. The zero-order valence-electron chi connectivity index (χ0n) is 14.3. The Morgan fingerprint density at radius 3 is 2.62 bits per heavy atom. The van der Waals surface area contributed by atoms with Crippen molar-refractivity contribution in [1.29, 1.82) is 0 Å². The summed E-state index contributed by atoms with van der Waals surface area (Å²) in [5, 5.41) is 6.32. The smallest absolute Gasteiger partial charge is 0.274 e. The predicted octanol–water partition coefficient (Wildman–Crippen LogP) is 4.44. The minimum atomic E-state index is -0.389. The van der Waals surface area contributed by atoms with Crippen LogP contribution in [0.4, 0.5) is 17.3 Å². The fourth-order valence-electron chi connectivity index (χ4n) is 2.28. The Bertz CT molecular complexity index is 929. The fourth-order valence-corrected chi connectivity index (χ4v) is 2.45. The van der Waals surface area contributed by atoms with Crippen LogP contribution in [0.2, 0.25) is 5.02 Å². The van der Waals surface area contributed by atoms with Gasteiger partial charge in [-0.05, 0) is 43.3 Å². The van der Waals surface area contributed by atoms with E-state index in [9.17, 15) is 4.79 Å². The summed E-state index contributed by atoms with van der Waals surface area (Å²) in [4.78, 5) is 20.9. The third kappa shape index (κ3) is 4.29. The van der Waals surface area contributed by atoms with Crippen molar-refractivity contribution in [3.63, 3.8) is 0 Å². The maximum Gasteiger partial charge on any atom is 0.274 e. The maximum atomic E-state index is 12.5. The van der Waals surface area contributed by atoms with Crippen molar-refractivity contribution in [2.24, 2.45) is 0 Å². The first-order valence-corrected chi connectivity index (χ1v) is 8.24. The number of methoxy groups -OCH3 is 1. The van der Waals surface area contributed by atoms with Gasteiger partial charge in [-0.25, -0.2) is 9.97 Å². The monoisotopic (exact) mass is 368 g/mol. The Morgan fingerprint density at radius 1 is 1.12 bits per heavy atom. The predicted molar refractivity (Wildman–Crippen MR) is 102 cm³/mol. The zero-order chi connectivity index (χ0) is 18.5. The van der Waals surface area contributed by atoms with Crippen molar-refractivity contribution in [2.45, 2.75) is 6.92 Å². The van der Waals surface area contributed by atoms with E-state index in [1.165, 1.54) is 19.4 Å². The first-order chi connectivity index (χ1) is 12.5. The molecule has 0 saturated heterocycles. The molecule has 1 amide bonds. The average molecular weight is 369 g/mol. The van der Waals surface area contributed by atoms with Gasteiger partial charge >= 0.3 is 0 Å². The largest absolute Gasteiger partial charge is 0.495 e. The topological polar surface area (TPSA) is 76.1 Å². The van der Waals surface area contributed by atoms with Crippen LogP contribution >= 0.6 is 11.6 Å². The van der Waals surface area contributed by atoms with E-state index in [1.807, 2.05) is 31.2 Å². The highest BCUT2D eigenvalue weighted by Crippen LogP contribution is 2.28. The molecule has 6 nitrogen and oxygen atoms in total. The number of nitrogens with one attached hydrogen (secondary N) is 2. The second kappa shape index (κ2) is 7.84. The summed E-state index contributed by atoms with van der Waals surface area (Å²) in [6, 6.07) is 14.3. The molecule has 3 aromatic rings. The maximum absolute atomic E-state index is 12.5.